The van der Waals surface area contributed by atoms with Gasteiger partial charge < -0.3 is 10.6 Å². The number of nitrogens with one attached hydrogen (secondary N) is 2. The molecule has 2 N–H and O–H groups in total. The molecule has 24 heavy (non-hydrogen) atoms. The fraction of sp³-hybridized carbons (Fsp3) is 0.105. The molecule has 0 aliphatic carbocycles. The Morgan fingerprint density at radius 1 is 0.833 bits per heavy atom. The third kappa shape index (κ3) is 3.91. The number of para-hydroxylation sites is 2. The monoisotopic (exact) mass is 313 g/mol. The second kappa shape index (κ2) is 8.03. The third-order valence-corrected chi connectivity index (χ3v) is 3.44. The van der Waals surface area contributed by atoms with Gasteiger partial charge in [0.05, 0.1) is 11.4 Å². The number of anilines is 2. The summed E-state index contributed by atoms with van der Waals surface area (Å²) in [5, 5.41) is 33.3. The van der Waals surface area contributed by atoms with Gasteiger partial charge in [0.15, 0.2) is 5.57 Å². The summed E-state index contributed by atoms with van der Waals surface area (Å²) in [7, 11) is 0. The van der Waals surface area contributed by atoms with Gasteiger partial charge in [-0.25, -0.2) is 0 Å². The highest BCUT2D eigenvalue weighted by atomic mass is 15.0. The van der Waals surface area contributed by atoms with E-state index in [0.29, 0.717) is 5.69 Å². The van der Waals surface area contributed by atoms with Crippen molar-refractivity contribution in [2.75, 3.05) is 10.6 Å². The van der Waals surface area contributed by atoms with Crippen LogP contribution in [0.4, 0.5) is 11.4 Å². The highest BCUT2D eigenvalue weighted by molar-refractivity contribution is 5.73. The van der Waals surface area contributed by atoms with Gasteiger partial charge in [-0.15, -0.1) is 0 Å². The van der Waals surface area contributed by atoms with Crippen LogP contribution < -0.4 is 10.6 Å². The molecule has 0 fully saturated rings. The molecule has 2 aromatic carbocycles. The molecule has 1 atom stereocenters. The smallest absolute Gasteiger partial charge is 0.163 e. The molecule has 116 valence electrons. The maximum Gasteiger partial charge on any atom is 0.163 e. The van der Waals surface area contributed by atoms with Crippen LogP contribution in [0.5, 0.6) is 0 Å². The van der Waals surface area contributed by atoms with Gasteiger partial charge in [0.1, 0.15) is 23.9 Å². The molecular weight excluding hydrogens is 298 g/mol. The predicted molar refractivity (Wildman–Crippen MR) is 92.4 cm³/mol. The molecule has 0 radical (unpaired) electrons. The Labute approximate surface area is 141 Å². The Morgan fingerprint density at radius 3 is 2.00 bits per heavy atom. The van der Waals surface area contributed by atoms with Crippen LogP contribution in [-0.2, 0) is 0 Å². The van der Waals surface area contributed by atoms with Crippen molar-refractivity contribution in [2.45, 2.75) is 13.0 Å². The molecule has 0 bridgehead atoms. The van der Waals surface area contributed by atoms with Crippen LogP contribution >= 0.6 is 0 Å². The summed E-state index contributed by atoms with van der Waals surface area (Å²) in [6.07, 6.45) is 0. The van der Waals surface area contributed by atoms with E-state index in [1.807, 2.05) is 61.5 Å². The molecule has 0 heterocycles. The van der Waals surface area contributed by atoms with Gasteiger partial charge in [0.25, 0.3) is 0 Å². The normalized spacial score (nSPS) is 10.4. The van der Waals surface area contributed by atoms with E-state index in [2.05, 4.69) is 10.6 Å². The van der Waals surface area contributed by atoms with Crippen LogP contribution in [0.1, 0.15) is 18.5 Å². The number of nitrogens with zero attached hydrogens (tertiary/aromatic N) is 3. The zero-order valence-electron chi connectivity index (χ0n) is 13.1. The summed E-state index contributed by atoms with van der Waals surface area (Å²) < 4.78 is 0. The van der Waals surface area contributed by atoms with Gasteiger partial charge >= 0.3 is 0 Å². The van der Waals surface area contributed by atoms with Gasteiger partial charge in [0.2, 0.25) is 0 Å². The van der Waals surface area contributed by atoms with Crippen LogP contribution in [0.25, 0.3) is 0 Å². The Kier molecular flexibility index (Phi) is 5.56. The first kappa shape index (κ1) is 16.6. The van der Waals surface area contributed by atoms with Crippen LogP contribution in [0.2, 0.25) is 0 Å². The van der Waals surface area contributed by atoms with Crippen LogP contribution in [0, 0.1) is 34.0 Å². The fourth-order valence-electron chi connectivity index (χ4n) is 2.19. The number of hydrogen-bond donors (Lipinski definition) is 2. The molecule has 0 aliphatic heterocycles. The average molecular weight is 313 g/mol. The van der Waals surface area contributed by atoms with Crippen LogP contribution in [0.15, 0.2) is 65.9 Å². The Hall–Kier alpha value is -3.75. The highest BCUT2D eigenvalue weighted by Crippen LogP contribution is 2.27. The number of benzene rings is 2. The molecule has 0 aliphatic rings. The minimum Gasteiger partial charge on any atom is -0.377 e. The van der Waals surface area contributed by atoms with E-state index in [9.17, 15) is 5.26 Å². The summed E-state index contributed by atoms with van der Waals surface area (Å²) in [5.74, 6) is 0. The summed E-state index contributed by atoms with van der Waals surface area (Å²) in [4.78, 5) is 0. The lowest BCUT2D eigenvalue weighted by atomic mass is 10.1. The van der Waals surface area contributed by atoms with Crippen molar-refractivity contribution in [3.63, 3.8) is 0 Å². The molecule has 5 nitrogen and oxygen atoms in total. The van der Waals surface area contributed by atoms with E-state index in [-0.39, 0.29) is 17.3 Å². The quantitative estimate of drug-likeness (QED) is 0.810. The summed E-state index contributed by atoms with van der Waals surface area (Å²) in [6, 6.07) is 22.6. The molecular formula is C19H15N5. The van der Waals surface area contributed by atoms with Crippen molar-refractivity contribution in [3.8, 4) is 18.2 Å². The topological polar surface area (TPSA) is 95.4 Å². The number of nitriles is 3. The minimum atomic E-state index is -0.247. The standard InChI is InChI=1S/C19H15N5/c1-14(15-7-3-2-4-8-15)23-17-9-5-6-10-18(17)24-19(13-22)16(11-20)12-21/h2-10,14,23-24H,1H3. The third-order valence-electron chi connectivity index (χ3n) is 3.44. The minimum absolute atomic E-state index is 0.0510. The van der Waals surface area contributed by atoms with Crippen molar-refractivity contribution >= 4 is 11.4 Å². The number of allylic oxidation sites excluding steroid dienone is 2. The lowest BCUT2D eigenvalue weighted by molar-refractivity contribution is 0.885. The van der Waals surface area contributed by atoms with E-state index in [1.54, 1.807) is 18.2 Å². The van der Waals surface area contributed by atoms with Crippen molar-refractivity contribution in [1.29, 1.82) is 15.8 Å². The van der Waals surface area contributed by atoms with E-state index >= 15 is 0 Å². The first-order chi connectivity index (χ1) is 11.7. The fourth-order valence-corrected chi connectivity index (χ4v) is 2.19. The molecule has 0 spiro atoms. The molecule has 2 rings (SSSR count). The second-order valence-electron chi connectivity index (χ2n) is 5.03. The first-order valence-electron chi connectivity index (χ1n) is 7.31. The number of hydrogen-bond acceptors (Lipinski definition) is 5. The summed E-state index contributed by atoms with van der Waals surface area (Å²) in [6.45, 7) is 2.03. The lowest BCUT2D eigenvalue weighted by Gasteiger charge is -2.19. The van der Waals surface area contributed by atoms with E-state index in [1.165, 1.54) is 0 Å². The average Bonchev–Trinajstić information content (AvgIpc) is 2.63. The molecule has 2 aromatic rings. The molecule has 0 saturated carbocycles. The Bertz CT molecular complexity index is 847. The zero-order valence-corrected chi connectivity index (χ0v) is 13.1. The Balaban J connectivity index is 2.29. The SMILES string of the molecule is CC(Nc1ccccc1NC(C#N)=C(C#N)C#N)c1ccccc1. The maximum absolute atomic E-state index is 9.18. The predicted octanol–water partition coefficient (Wildman–Crippen LogP) is 4.10. The van der Waals surface area contributed by atoms with E-state index in [4.69, 9.17) is 10.5 Å². The number of rotatable bonds is 5. The van der Waals surface area contributed by atoms with Gasteiger partial charge in [-0.2, -0.15) is 15.8 Å². The molecule has 0 amide bonds. The summed E-state index contributed by atoms with van der Waals surface area (Å²) in [5.41, 5.74) is 2.21. The maximum atomic E-state index is 9.18. The van der Waals surface area contributed by atoms with Crippen molar-refractivity contribution in [3.05, 3.63) is 71.4 Å². The first-order valence-corrected chi connectivity index (χ1v) is 7.31. The van der Waals surface area contributed by atoms with E-state index < -0.39 is 0 Å². The lowest BCUT2D eigenvalue weighted by Crippen LogP contribution is -2.09. The van der Waals surface area contributed by atoms with Gasteiger partial charge in [0, 0.05) is 6.04 Å². The molecule has 1 unspecified atom stereocenters. The Morgan fingerprint density at radius 2 is 1.42 bits per heavy atom. The van der Waals surface area contributed by atoms with Gasteiger partial charge in [-0.05, 0) is 24.6 Å². The van der Waals surface area contributed by atoms with Crippen molar-refractivity contribution in [1.82, 2.24) is 0 Å². The van der Waals surface area contributed by atoms with Gasteiger partial charge in [-0.1, -0.05) is 42.5 Å². The zero-order chi connectivity index (χ0) is 17.4. The largest absolute Gasteiger partial charge is 0.377 e. The van der Waals surface area contributed by atoms with E-state index in [0.717, 1.165) is 11.3 Å². The highest BCUT2D eigenvalue weighted by Gasteiger charge is 2.11. The van der Waals surface area contributed by atoms with Crippen LogP contribution in [-0.4, -0.2) is 0 Å². The molecule has 0 saturated heterocycles. The van der Waals surface area contributed by atoms with Crippen molar-refractivity contribution < 1.29 is 0 Å². The second-order valence-corrected chi connectivity index (χ2v) is 5.03. The van der Waals surface area contributed by atoms with Crippen LogP contribution in [0.3, 0.4) is 0 Å². The molecule has 5 heteroatoms. The molecule has 0 aromatic heterocycles. The van der Waals surface area contributed by atoms with Gasteiger partial charge in [-0.3, -0.25) is 0 Å². The summed E-state index contributed by atoms with van der Waals surface area (Å²) >= 11 is 0. The van der Waals surface area contributed by atoms with Crippen molar-refractivity contribution in [2.24, 2.45) is 0 Å².